The van der Waals surface area contributed by atoms with Crippen molar-refractivity contribution >= 4 is 38.5 Å². The maximum absolute atomic E-state index is 12.5. The number of nitrogens with zero attached hydrogens (tertiary/aromatic N) is 2. The standard InChI is InChI=1S/C17H16BrN5O3/c1-2-7-23-17(26)12-6-4-3-5-11(12)14(22-23)16(25)21-20-15(24)13-8-10(18)9-19-13/h3-6,8-9,19H,2,7H2,1H3,(H,20,24)(H,21,25). The predicted molar refractivity (Wildman–Crippen MR) is 99.7 cm³/mol. The van der Waals surface area contributed by atoms with E-state index in [9.17, 15) is 14.4 Å². The Morgan fingerprint density at radius 1 is 1.19 bits per heavy atom. The van der Waals surface area contributed by atoms with Crippen molar-refractivity contribution < 1.29 is 9.59 Å². The lowest BCUT2D eigenvalue weighted by Gasteiger charge is -2.11. The summed E-state index contributed by atoms with van der Waals surface area (Å²) < 4.78 is 1.98. The van der Waals surface area contributed by atoms with Crippen LogP contribution < -0.4 is 16.4 Å². The van der Waals surface area contributed by atoms with Gasteiger partial charge in [0.05, 0.1) is 5.39 Å². The molecule has 26 heavy (non-hydrogen) atoms. The highest BCUT2D eigenvalue weighted by molar-refractivity contribution is 9.10. The highest BCUT2D eigenvalue weighted by atomic mass is 79.9. The van der Waals surface area contributed by atoms with Gasteiger partial charge in [0, 0.05) is 22.6 Å². The van der Waals surface area contributed by atoms with Gasteiger partial charge >= 0.3 is 0 Å². The maximum Gasteiger partial charge on any atom is 0.290 e. The molecule has 2 aromatic heterocycles. The van der Waals surface area contributed by atoms with Crippen LogP contribution in [0.25, 0.3) is 10.8 Å². The van der Waals surface area contributed by atoms with Crippen LogP contribution >= 0.6 is 15.9 Å². The summed E-state index contributed by atoms with van der Waals surface area (Å²) in [5, 5.41) is 5.00. The van der Waals surface area contributed by atoms with E-state index in [-0.39, 0.29) is 16.9 Å². The highest BCUT2D eigenvalue weighted by Gasteiger charge is 2.17. The summed E-state index contributed by atoms with van der Waals surface area (Å²) in [4.78, 5) is 39.8. The molecule has 0 aliphatic heterocycles. The molecule has 2 heterocycles. The van der Waals surface area contributed by atoms with Gasteiger partial charge in [-0.05, 0) is 34.5 Å². The minimum atomic E-state index is -0.606. The fraction of sp³-hybridized carbons (Fsp3) is 0.176. The molecule has 134 valence electrons. The third-order valence-corrected chi connectivity index (χ3v) is 4.16. The van der Waals surface area contributed by atoms with E-state index >= 15 is 0 Å². The number of hydrogen-bond donors (Lipinski definition) is 3. The van der Waals surface area contributed by atoms with Crippen molar-refractivity contribution in [2.75, 3.05) is 0 Å². The molecule has 1 aromatic carbocycles. The van der Waals surface area contributed by atoms with Crippen LogP contribution in [0.2, 0.25) is 0 Å². The Morgan fingerprint density at radius 2 is 1.88 bits per heavy atom. The van der Waals surface area contributed by atoms with Gasteiger partial charge in [-0.3, -0.25) is 25.2 Å². The first-order chi connectivity index (χ1) is 12.5. The number of aryl methyl sites for hydroxylation is 1. The van der Waals surface area contributed by atoms with Gasteiger partial charge in [-0.1, -0.05) is 25.1 Å². The number of aromatic nitrogens is 3. The fourth-order valence-electron chi connectivity index (χ4n) is 2.51. The van der Waals surface area contributed by atoms with Crippen LogP contribution in [-0.4, -0.2) is 26.6 Å². The molecule has 0 unspecified atom stereocenters. The van der Waals surface area contributed by atoms with Crippen molar-refractivity contribution in [2.24, 2.45) is 0 Å². The van der Waals surface area contributed by atoms with Crippen molar-refractivity contribution in [1.29, 1.82) is 0 Å². The smallest absolute Gasteiger partial charge is 0.290 e. The van der Waals surface area contributed by atoms with E-state index in [1.807, 2.05) is 6.92 Å². The van der Waals surface area contributed by atoms with Gasteiger partial charge in [0.1, 0.15) is 5.69 Å². The van der Waals surface area contributed by atoms with E-state index < -0.39 is 11.8 Å². The normalized spacial score (nSPS) is 10.7. The van der Waals surface area contributed by atoms with Crippen LogP contribution in [0, 0.1) is 0 Å². The minimum absolute atomic E-state index is 0.0709. The number of H-pyrrole nitrogens is 1. The number of benzene rings is 1. The lowest BCUT2D eigenvalue weighted by Crippen LogP contribution is -2.43. The number of fused-ring (bicyclic) bond motifs is 1. The monoisotopic (exact) mass is 417 g/mol. The summed E-state index contributed by atoms with van der Waals surface area (Å²) in [6.07, 6.45) is 2.30. The number of carbonyl (C=O) groups is 2. The zero-order valence-electron chi connectivity index (χ0n) is 13.9. The van der Waals surface area contributed by atoms with Crippen LogP contribution in [0.4, 0.5) is 0 Å². The van der Waals surface area contributed by atoms with Gasteiger partial charge in [0.25, 0.3) is 17.4 Å². The maximum atomic E-state index is 12.5. The number of aromatic amines is 1. The summed E-state index contributed by atoms with van der Waals surface area (Å²) in [6.45, 7) is 2.31. The van der Waals surface area contributed by atoms with E-state index in [2.05, 4.69) is 36.9 Å². The average Bonchev–Trinajstić information content (AvgIpc) is 3.08. The molecule has 3 aromatic rings. The summed E-state index contributed by atoms with van der Waals surface area (Å²) in [7, 11) is 0. The lowest BCUT2D eigenvalue weighted by molar-refractivity contribution is 0.0841. The van der Waals surface area contributed by atoms with Gasteiger partial charge < -0.3 is 4.98 Å². The van der Waals surface area contributed by atoms with E-state index in [1.54, 1.807) is 36.5 Å². The Balaban J connectivity index is 1.89. The average molecular weight is 418 g/mol. The zero-order valence-corrected chi connectivity index (χ0v) is 15.5. The molecule has 0 spiro atoms. The Bertz CT molecular complexity index is 1040. The molecule has 0 saturated carbocycles. The molecule has 0 bridgehead atoms. The third-order valence-electron chi connectivity index (χ3n) is 3.70. The van der Waals surface area contributed by atoms with Gasteiger partial charge in [-0.15, -0.1) is 0 Å². The van der Waals surface area contributed by atoms with Crippen molar-refractivity contribution in [2.45, 2.75) is 19.9 Å². The largest absolute Gasteiger partial charge is 0.356 e. The highest BCUT2D eigenvalue weighted by Crippen LogP contribution is 2.13. The van der Waals surface area contributed by atoms with E-state index in [1.165, 1.54) is 4.68 Å². The molecule has 0 atom stereocenters. The molecular weight excluding hydrogens is 402 g/mol. The first-order valence-electron chi connectivity index (χ1n) is 7.95. The SMILES string of the molecule is CCCn1nc(C(=O)NNC(=O)c2cc(Br)c[nH]2)c2ccccc2c1=O. The van der Waals surface area contributed by atoms with Gasteiger partial charge in [-0.2, -0.15) is 5.10 Å². The molecule has 0 fully saturated rings. The van der Waals surface area contributed by atoms with E-state index in [0.717, 1.165) is 0 Å². The zero-order chi connectivity index (χ0) is 18.7. The number of rotatable bonds is 4. The number of carbonyl (C=O) groups excluding carboxylic acids is 2. The number of hydrogen-bond acceptors (Lipinski definition) is 4. The van der Waals surface area contributed by atoms with Crippen molar-refractivity contribution in [3.8, 4) is 0 Å². The van der Waals surface area contributed by atoms with Gasteiger partial charge in [0.2, 0.25) is 0 Å². The fourth-order valence-corrected chi connectivity index (χ4v) is 2.85. The van der Waals surface area contributed by atoms with Crippen LogP contribution in [-0.2, 0) is 6.54 Å². The lowest BCUT2D eigenvalue weighted by atomic mass is 10.1. The van der Waals surface area contributed by atoms with Crippen molar-refractivity contribution in [3.63, 3.8) is 0 Å². The number of hydrazine groups is 1. The summed E-state index contributed by atoms with van der Waals surface area (Å²) in [5.74, 6) is -1.11. The number of nitrogens with one attached hydrogen (secondary N) is 3. The minimum Gasteiger partial charge on any atom is -0.356 e. The molecule has 2 amide bonds. The summed E-state index contributed by atoms with van der Waals surface area (Å²) >= 11 is 3.23. The van der Waals surface area contributed by atoms with Gasteiger partial charge in [0.15, 0.2) is 5.69 Å². The third kappa shape index (κ3) is 3.52. The molecule has 3 rings (SSSR count). The van der Waals surface area contributed by atoms with Crippen molar-refractivity contribution in [3.05, 3.63) is 62.7 Å². The number of halogens is 1. The summed E-state index contributed by atoms with van der Waals surface area (Å²) in [5.41, 5.74) is 4.76. The Labute approximate surface area is 156 Å². The quantitative estimate of drug-likeness (QED) is 0.563. The van der Waals surface area contributed by atoms with Crippen molar-refractivity contribution in [1.82, 2.24) is 25.6 Å². The molecule has 0 aliphatic rings. The second-order valence-corrected chi connectivity index (χ2v) is 6.48. The van der Waals surface area contributed by atoms with Crippen LogP contribution in [0.1, 0.15) is 34.3 Å². The first kappa shape index (κ1) is 17.9. The van der Waals surface area contributed by atoms with Gasteiger partial charge in [-0.25, -0.2) is 4.68 Å². The molecule has 0 radical (unpaired) electrons. The molecule has 0 saturated heterocycles. The molecule has 3 N–H and O–H groups in total. The molecule has 0 aliphatic carbocycles. The Morgan fingerprint density at radius 3 is 2.54 bits per heavy atom. The topological polar surface area (TPSA) is 109 Å². The summed E-state index contributed by atoms with van der Waals surface area (Å²) in [6, 6.07) is 8.33. The van der Waals surface area contributed by atoms with E-state index in [0.29, 0.717) is 28.2 Å². The van der Waals surface area contributed by atoms with Crippen LogP contribution in [0.5, 0.6) is 0 Å². The Hall–Kier alpha value is -2.94. The van der Waals surface area contributed by atoms with E-state index in [4.69, 9.17) is 0 Å². The number of amides is 2. The molecule has 8 nitrogen and oxygen atoms in total. The second kappa shape index (κ2) is 7.52. The Kier molecular flexibility index (Phi) is 5.17. The predicted octanol–water partition coefficient (Wildman–Crippen LogP) is 1.97. The second-order valence-electron chi connectivity index (χ2n) is 5.56. The first-order valence-corrected chi connectivity index (χ1v) is 8.75. The van der Waals surface area contributed by atoms with Crippen LogP contribution in [0.3, 0.4) is 0 Å². The van der Waals surface area contributed by atoms with Crippen LogP contribution in [0.15, 0.2) is 45.8 Å². The molecule has 9 heteroatoms. The molecular formula is C17H16BrN5O3.